The number of piperidine rings is 1. The van der Waals surface area contributed by atoms with E-state index in [2.05, 4.69) is 17.1 Å². The van der Waals surface area contributed by atoms with Crippen molar-refractivity contribution in [3.63, 3.8) is 0 Å². The maximum atomic E-state index is 5.76. The summed E-state index contributed by atoms with van der Waals surface area (Å²) in [6.45, 7) is 7.55. The molecule has 106 valence electrons. The van der Waals surface area contributed by atoms with Crippen molar-refractivity contribution in [1.82, 2.24) is 10.2 Å². The van der Waals surface area contributed by atoms with Gasteiger partial charge in [0.25, 0.3) is 0 Å². The summed E-state index contributed by atoms with van der Waals surface area (Å²) >= 11 is 0. The maximum Gasteiger partial charge on any atom is 0.119 e. The second-order valence-corrected chi connectivity index (χ2v) is 5.26. The van der Waals surface area contributed by atoms with E-state index in [1.165, 1.54) is 25.8 Å². The van der Waals surface area contributed by atoms with Crippen molar-refractivity contribution in [1.29, 1.82) is 0 Å². The van der Waals surface area contributed by atoms with E-state index < -0.39 is 0 Å². The summed E-state index contributed by atoms with van der Waals surface area (Å²) in [6, 6.07) is 10.7. The fourth-order valence-electron chi connectivity index (χ4n) is 2.58. The summed E-state index contributed by atoms with van der Waals surface area (Å²) in [5, 5.41) is 3.63. The van der Waals surface area contributed by atoms with E-state index in [0.717, 1.165) is 32.0 Å². The highest BCUT2D eigenvalue weighted by Crippen LogP contribution is 2.11. The van der Waals surface area contributed by atoms with Gasteiger partial charge in [0.05, 0.1) is 0 Å². The van der Waals surface area contributed by atoms with Gasteiger partial charge >= 0.3 is 0 Å². The van der Waals surface area contributed by atoms with Gasteiger partial charge in [-0.15, -0.1) is 0 Å². The Kier molecular flexibility index (Phi) is 6.18. The summed E-state index contributed by atoms with van der Waals surface area (Å²) in [4.78, 5) is 2.51. The van der Waals surface area contributed by atoms with Gasteiger partial charge < -0.3 is 10.1 Å². The number of benzene rings is 1. The summed E-state index contributed by atoms with van der Waals surface area (Å²) in [7, 11) is 0. The maximum absolute atomic E-state index is 5.76. The molecule has 0 aromatic heterocycles. The predicted molar refractivity (Wildman–Crippen MR) is 79.7 cm³/mol. The molecule has 0 bridgehead atoms. The third-order valence-electron chi connectivity index (χ3n) is 3.61. The van der Waals surface area contributed by atoms with Crippen LogP contribution in [-0.4, -0.2) is 43.7 Å². The van der Waals surface area contributed by atoms with Crippen LogP contribution < -0.4 is 10.1 Å². The van der Waals surface area contributed by atoms with Crippen molar-refractivity contribution in [2.75, 3.05) is 32.8 Å². The third kappa shape index (κ3) is 5.21. The van der Waals surface area contributed by atoms with Crippen molar-refractivity contribution in [2.45, 2.75) is 32.2 Å². The van der Waals surface area contributed by atoms with E-state index in [4.69, 9.17) is 4.74 Å². The molecule has 1 unspecified atom stereocenters. The number of nitrogens with zero attached hydrogens (tertiary/aromatic N) is 1. The van der Waals surface area contributed by atoms with Gasteiger partial charge in [-0.05, 0) is 44.5 Å². The molecule has 1 atom stereocenters. The van der Waals surface area contributed by atoms with E-state index in [1.54, 1.807) is 0 Å². The molecule has 1 aromatic rings. The number of hydrogen-bond acceptors (Lipinski definition) is 3. The van der Waals surface area contributed by atoms with Gasteiger partial charge in [0, 0.05) is 19.1 Å². The minimum absolute atomic E-state index is 0.672. The van der Waals surface area contributed by atoms with Gasteiger partial charge in [-0.25, -0.2) is 0 Å². The Morgan fingerprint density at radius 2 is 2.16 bits per heavy atom. The lowest BCUT2D eigenvalue weighted by molar-refractivity contribution is 0.159. The minimum Gasteiger partial charge on any atom is -0.492 e. The highest BCUT2D eigenvalue weighted by Gasteiger charge is 2.18. The van der Waals surface area contributed by atoms with Gasteiger partial charge in [-0.2, -0.15) is 0 Å². The molecule has 0 spiro atoms. The summed E-state index contributed by atoms with van der Waals surface area (Å²) in [5.41, 5.74) is 0. The number of likely N-dealkylation sites (tertiary alicyclic amines) is 1. The topological polar surface area (TPSA) is 24.5 Å². The van der Waals surface area contributed by atoms with Gasteiger partial charge in [0.1, 0.15) is 12.4 Å². The number of nitrogens with one attached hydrogen (secondary N) is 1. The van der Waals surface area contributed by atoms with Gasteiger partial charge in [-0.1, -0.05) is 25.1 Å². The first-order valence-electron chi connectivity index (χ1n) is 7.52. The average molecular weight is 262 g/mol. The van der Waals surface area contributed by atoms with Crippen LogP contribution in [0.4, 0.5) is 0 Å². The van der Waals surface area contributed by atoms with Crippen molar-refractivity contribution >= 4 is 0 Å². The summed E-state index contributed by atoms with van der Waals surface area (Å²) < 4.78 is 5.76. The first-order chi connectivity index (χ1) is 9.38. The standard InChI is InChI=1S/C16H26N2O/c1-2-10-17-15-7-6-11-18(14-15)12-13-19-16-8-4-3-5-9-16/h3-5,8-9,15,17H,2,6-7,10-14H2,1H3. The fraction of sp³-hybridized carbons (Fsp3) is 0.625. The highest BCUT2D eigenvalue weighted by molar-refractivity contribution is 5.20. The Labute approximate surface area is 116 Å². The molecule has 1 heterocycles. The SMILES string of the molecule is CCCNC1CCCN(CCOc2ccccc2)C1. The molecular weight excluding hydrogens is 236 g/mol. The Morgan fingerprint density at radius 3 is 2.95 bits per heavy atom. The van der Waals surface area contributed by atoms with Crippen LogP contribution in [0.1, 0.15) is 26.2 Å². The lowest BCUT2D eigenvalue weighted by Gasteiger charge is -2.33. The lowest BCUT2D eigenvalue weighted by atomic mass is 10.1. The smallest absolute Gasteiger partial charge is 0.119 e. The number of hydrogen-bond donors (Lipinski definition) is 1. The summed E-state index contributed by atoms with van der Waals surface area (Å²) in [5.74, 6) is 0.972. The van der Waals surface area contributed by atoms with E-state index >= 15 is 0 Å². The molecule has 0 radical (unpaired) electrons. The normalized spacial score (nSPS) is 20.4. The molecule has 2 rings (SSSR count). The molecule has 1 aromatic carbocycles. The first kappa shape index (κ1) is 14.4. The van der Waals surface area contributed by atoms with Crippen LogP contribution >= 0.6 is 0 Å². The van der Waals surface area contributed by atoms with E-state index in [9.17, 15) is 0 Å². The highest BCUT2D eigenvalue weighted by atomic mass is 16.5. The molecule has 19 heavy (non-hydrogen) atoms. The zero-order chi connectivity index (χ0) is 13.3. The number of ether oxygens (including phenoxy) is 1. The van der Waals surface area contributed by atoms with Gasteiger partial charge in [0.2, 0.25) is 0 Å². The van der Waals surface area contributed by atoms with Crippen molar-refractivity contribution in [3.8, 4) is 5.75 Å². The molecule has 1 saturated heterocycles. The second-order valence-electron chi connectivity index (χ2n) is 5.26. The monoisotopic (exact) mass is 262 g/mol. The third-order valence-corrected chi connectivity index (χ3v) is 3.61. The molecule has 3 nitrogen and oxygen atoms in total. The molecule has 3 heteroatoms. The first-order valence-corrected chi connectivity index (χ1v) is 7.52. The van der Waals surface area contributed by atoms with Crippen LogP contribution in [0.3, 0.4) is 0 Å². The Balaban J connectivity index is 1.65. The molecule has 1 N–H and O–H groups in total. The summed E-state index contributed by atoms with van der Waals surface area (Å²) in [6.07, 6.45) is 3.83. The fourth-order valence-corrected chi connectivity index (χ4v) is 2.58. The lowest BCUT2D eigenvalue weighted by Crippen LogP contribution is -2.46. The van der Waals surface area contributed by atoms with Gasteiger partial charge in [0.15, 0.2) is 0 Å². The predicted octanol–water partition coefficient (Wildman–Crippen LogP) is 2.53. The zero-order valence-corrected chi connectivity index (χ0v) is 12.0. The minimum atomic E-state index is 0.672. The quantitative estimate of drug-likeness (QED) is 0.817. The molecule has 0 aliphatic carbocycles. The number of rotatable bonds is 7. The largest absolute Gasteiger partial charge is 0.492 e. The van der Waals surface area contributed by atoms with Crippen molar-refractivity contribution in [2.24, 2.45) is 0 Å². The van der Waals surface area contributed by atoms with Crippen LogP contribution in [0, 0.1) is 0 Å². The molecule has 1 aliphatic heterocycles. The Morgan fingerprint density at radius 1 is 1.32 bits per heavy atom. The molecule has 0 amide bonds. The molecular formula is C16H26N2O. The molecule has 0 saturated carbocycles. The zero-order valence-electron chi connectivity index (χ0n) is 12.0. The van der Waals surface area contributed by atoms with Crippen molar-refractivity contribution < 1.29 is 4.74 Å². The van der Waals surface area contributed by atoms with Crippen LogP contribution in [0.5, 0.6) is 5.75 Å². The molecule has 1 aliphatic rings. The number of para-hydroxylation sites is 1. The molecule has 1 fully saturated rings. The van der Waals surface area contributed by atoms with Crippen molar-refractivity contribution in [3.05, 3.63) is 30.3 Å². The van der Waals surface area contributed by atoms with E-state index in [1.807, 2.05) is 30.3 Å². The second kappa shape index (κ2) is 8.18. The van der Waals surface area contributed by atoms with E-state index in [-0.39, 0.29) is 0 Å². The van der Waals surface area contributed by atoms with Crippen LogP contribution in [0.2, 0.25) is 0 Å². The van der Waals surface area contributed by atoms with E-state index in [0.29, 0.717) is 6.04 Å². The Hall–Kier alpha value is -1.06. The van der Waals surface area contributed by atoms with Gasteiger partial charge in [-0.3, -0.25) is 4.90 Å². The average Bonchev–Trinajstić information content (AvgIpc) is 2.47. The van der Waals surface area contributed by atoms with Crippen LogP contribution in [-0.2, 0) is 0 Å². The Bertz CT molecular complexity index is 342. The van der Waals surface area contributed by atoms with Crippen LogP contribution in [0.25, 0.3) is 0 Å². The van der Waals surface area contributed by atoms with Crippen LogP contribution in [0.15, 0.2) is 30.3 Å².